The molecule has 0 spiro atoms. The quantitative estimate of drug-likeness (QED) is 0.159. The number of aliphatic imine (C=N–C) groups is 2. The Kier molecular flexibility index (Phi) is 9.27. The van der Waals surface area contributed by atoms with Gasteiger partial charge in [-0.3, -0.25) is 19.6 Å². The van der Waals surface area contributed by atoms with Gasteiger partial charge >= 0.3 is 0 Å². The van der Waals surface area contributed by atoms with E-state index in [0.717, 1.165) is 33.5 Å². The van der Waals surface area contributed by atoms with E-state index in [1.54, 1.807) is 22.1 Å². The minimum absolute atomic E-state index is 0.0773. The lowest BCUT2D eigenvalue weighted by molar-refractivity contribution is 0.0809. The van der Waals surface area contributed by atoms with Crippen molar-refractivity contribution in [2.45, 2.75) is 65.1 Å². The summed E-state index contributed by atoms with van der Waals surface area (Å²) in [6.45, 7) is 8.79. The largest absolute Gasteiger partial charge is 0.504 e. The van der Waals surface area contributed by atoms with E-state index in [2.05, 4.69) is 67.5 Å². The molecule has 4 aromatic rings. The molecule has 2 N–H and O–H groups in total. The number of carbonyl (C=O) groups excluding carboxylic acids is 2. The van der Waals surface area contributed by atoms with Crippen molar-refractivity contribution in [2.75, 3.05) is 18.5 Å². The zero-order chi connectivity index (χ0) is 37.5. The molecule has 8 rings (SSSR count). The predicted molar refractivity (Wildman–Crippen MR) is 213 cm³/mol. The Bertz CT molecular complexity index is 2250. The lowest BCUT2D eigenvalue weighted by Gasteiger charge is -2.19. The van der Waals surface area contributed by atoms with E-state index >= 15 is 0 Å². The van der Waals surface area contributed by atoms with Crippen LogP contribution in [0.25, 0.3) is 11.1 Å². The molecule has 0 fully saturated rings. The first-order valence-corrected chi connectivity index (χ1v) is 18.5. The molecule has 0 bridgehead atoms. The maximum absolute atomic E-state index is 13.6. The average molecular weight is 722 g/mol. The van der Waals surface area contributed by atoms with Crippen LogP contribution in [0.15, 0.2) is 95.2 Å². The van der Waals surface area contributed by atoms with Gasteiger partial charge in [0.15, 0.2) is 11.5 Å². The second-order valence-corrected chi connectivity index (χ2v) is 14.6. The number of amides is 2. The van der Waals surface area contributed by atoms with E-state index in [1.165, 1.54) is 11.6 Å². The summed E-state index contributed by atoms with van der Waals surface area (Å²) >= 11 is 0. The van der Waals surface area contributed by atoms with Crippen LogP contribution in [0.5, 0.6) is 17.2 Å². The Labute approximate surface area is 315 Å². The van der Waals surface area contributed by atoms with Crippen LogP contribution in [-0.2, 0) is 0 Å². The molecule has 0 unspecified atom stereocenters. The number of nitrogens with zero attached hydrogens (tertiary/aromatic N) is 4. The van der Waals surface area contributed by atoms with Crippen molar-refractivity contribution in [3.8, 4) is 17.2 Å². The highest BCUT2D eigenvalue weighted by Crippen LogP contribution is 2.40. The fraction of sp³-hybridized carbons (Fsp3) is 0.273. The predicted octanol–water partition coefficient (Wildman–Crippen LogP) is 8.62. The fourth-order valence-corrected chi connectivity index (χ4v) is 7.31. The molecule has 274 valence electrons. The van der Waals surface area contributed by atoms with E-state index < -0.39 is 0 Å². The molecule has 4 aromatic carbocycles. The molecule has 4 heterocycles. The van der Waals surface area contributed by atoms with E-state index in [1.807, 2.05) is 49.8 Å². The van der Waals surface area contributed by atoms with Crippen LogP contribution in [0.4, 0.5) is 17.1 Å². The minimum atomic E-state index is -0.221. The number of hydrogen-bond acceptors (Lipinski definition) is 8. The number of rotatable bonds is 10. The Morgan fingerprint density at radius 2 is 1.26 bits per heavy atom. The number of hydrogen-bond donors (Lipinski definition) is 2. The van der Waals surface area contributed by atoms with E-state index in [0.29, 0.717) is 60.2 Å². The van der Waals surface area contributed by atoms with Gasteiger partial charge in [-0.25, -0.2) is 0 Å². The summed E-state index contributed by atoms with van der Waals surface area (Å²) in [7, 11) is 0. The Morgan fingerprint density at radius 3 is 1.83 bits per heavy atom. The van der Waals surface area contributed by atoms with Gasteiger partial charge in [0.05, 0.1) is 47.8 Å². The van der Waals surface area contributed by atoms with Crippen LogP contribution in [-0.4, -0.2) is 70.5 Å². The third-order valence-corrected chi connectivity index (χ3v) is 10.2. The molecule has 10 heteroatoms. The van der Waals surface area contributed by atoms with Gasteiger partial charge in [-0.2, -0.15) is 0 Å². The SMILES string of the molecule is Cc1ccc(C2=CN3C(=O)c4cc(C)c(OCCCOc5cc6c(cc5O)C(=O)N5C=C(c7ccc(NC(C)C)cc7)C[C@H]5C=N6)cc4N=C[C@@H]3C2)cc1. The number of fused-ring (bicyclic) bond motifs is 4. The third kappa shape index (κ3) is 6.87. The number of aromatic hydroxyl groups is 1. The monoisotopic (exact) mass is 721 g/mol. The first-order valence-electron chi connectivity index (χ1n) is 18.5. The van der Waals surface area contributed by atoms with Gasteiger partial charge in [-0.05, 0) is 79.8 Å². The molecule has 0 aromatic heterocycles. The summed E-state index contributed by atoms with van der Waals surface area (Å²) in [6, 6.07) is 23.3. The molecule has 10 nitrogen and oxygen atoms in total. The van der Waals surface area contributed by atoms with Gasteiger partial charge in [-0.1, -0.05) is 42.0 Å². The van der Waals surface area contributed by atoms with Crippen molar-refractivity contribution in [3.63, 3.8) is 0 Å². The molecule has 0 radical (unpaired) electrons. The molecule has 0 saturated carbocycles. The highest BCUT2D eigenvalue weighted by Gasteiger charge is 2.34. The maximum atomic E-state index is 13.6. The summed E-state index contributed by atoms with van der Waals surface area (Å²) < 4.78 is 12.0. The number of ether oxygens (including phenoxy) is 2. The summed E-state index contributed by atoms with van der Waals surface area (Å²) in [5.41, 5.74) is 9.33. The van der Waals surface area contributed by atoms with Gasteiger partial charge in [0.2, 0.25) is 0 Å². The van der Waals surface area contributed by atoms with Crippen LogP contribution in [0.1, 0.15) is 76.1 Å². The second-order valence-electron chi connectivity index (χ2n) is 14.6. The van der Waals surface area contributed by atoms with Crippen molar-refractivity contribution in [1.29, 1.82) is 0 Å². The molecule has 0 aliphatic carbocycles. The summed E-state index contributed by atoms with van der Waals surface area (Å²) in [4.78, 5) is 40.1. The molecule has 2 atom stereocenters. The number of carbonyl (C=O) groups is 2. The van der Waals surface area contributed by atoms with E-state index in [9.17, 15) is 14.7 Å². The van der Waals surface area contributed by atoms with Crippen LogP contribution >= 0.6 is 0 Å². The first kappa shape index (κ1) is 34.9. The van der Waals surface area contributed by atoms with Gasteiger partial charge in [0.25, 0.3) is 11.8 Å². The molecule has 0 saturated heterocycles. The fourth-order valence-electron chi connectivity index (χ4n) is 7.31. The highest BCUT2D eigenvalue weighted by molar-refractivity contribution is 6.06. The molecular formula is C44H43N5O5. The summed E-state index contributed by atoms with van der Waals surface area (Å²) in [6.07, 6.45) is 9.36. The maximum Gasteiger partial charge on any atom is 0.260 e. The molecule has 2 amide bonds. The summed E-state index contributed by atoms with van der Waals surface area (Å²) in [5.74, 6) is 0.476. The molecular weight excluding hydrogens is 679 g/mol. The second kappa shape index (κ2) is 14.3. The van der Waals surface area contributed by atoms with E-state index in [-0.39, 0.29) is 42.0 Å². The number of anilines is 1. The lowest BCUT2D eigenvalue weighted by Crippen LogP contribution is -2.32. The van der Waals surface area contributed by atoms with Crippen LogP contribution < -0.4 is 14.8 Å². The Morgan fingerprint density at radius 1 is 0.741 bits per heavy atom. The number of benzene rings is 4. The standard InChI is InChI=1S/C44H43N5O5/c1-26(2)47-33-12-10-30(11-13-33)32-18-35-23-46-39-21-42(40(50)19-37(39)44(52)49(35)25-32)54-15-5-14-53-41-20-38-36(16-28(41)4)43(51)48-24-31(17-34(48)22-45-38)29-8-6-27(3)7-9-29/h6-13,16,19-26,34-35,47,50H,5,14-15,17-18H2,1-4H3/t34-,35-/m0/s1. The highest BCUT2D eigenvalue weighted by atomic mass is 16.5. The minimum Gasteiger partial charge on any atom is -0.504 e. The number of phenols is 1. The van der Waals surface area contributed by atoms with Crippen LogP contribution in [0.3, 0.4) is 0 Å². The number of phenolic OH excluding ortho intramolecular Hbond substituents is 1. The van der Waals surface area contributed by atoms with Crippen molar-refractivity contribution in [3.05, 3.63) is 119 Å². The van der Waals surface area contributed by atoms with Crippen LogP contribution in [0.2, 0.25) is 0 Å². The van der Waals surface area contributed by atoms with Gasteiger partial charge < -0.3 is 29.7 Å². The first-order chi connectivity index (χ1) is 26.1. The molecule has 4 aliphatic heterocycles. The van der Waals surface area contributed by atoms with Gasteiger partial charge in [0.1, 0.15) is 5.75 Å². The number of nitrogens with one attached hydrogen (secondary N) is 1. The smallest absolute Gasteiger partial charge is 0.260 e. The molecule has 54 heavy (non-hydrogen) atoms. The van der Waals surface area contributed by atoms with Crippen molar-refractivity contribution in [2.24, 2.45) is 9.98 Å². The van der Waals surface area contributed by atoms with Crippen molar-refractivity contribution >= 4 is 52.5 Å². The lowest BCUT2D eigenvalue weighted by atomic mass is 10.0. The topological polar surface area (TPSA) is 116 Å². The Hall–Kier alpha value is -6.16. The zero-order valence-corrected chi connectivity index (χ0v) is 30.9. The van der Waals surface area contributed by atoms with Crippen molar-refractivity contribution in [1.82, 2.24) is 9.80 Å². The van der Waals surface area contributed by atoms with Crippen LogP contribution in [0, 0.1) is 13.8 Å². The summed E-state index contributed by atoms with van der Waals surface area (Å²) in [5, 5.41) is 14.3. The Balaban J connectivity index is 0.875. The number of aryl methyl sites for hydroxylation is 2. The third-order valence-electron chi connectivity index (χ3n) is 10.2. The van der Waals surface area contributed by atoms with Crippen molar-refractivity contribution < 1.29 is 24.2 Å². The average Bonchev–Trinajstić information content (AvgIpc) is 3.73. The van der Waals surface area contributed by atoms with Gasteiger partial charge in [-0.15, -0.1) is 0 Å². The van der Waals surface area contributed by atoms with E-state index in [4.69, 9.17) is 14.5 Å². The molecule has 4 aliphatic rings. The van der Waals surface area contributed by atoms with Gasteiger partial charge in [0, 0.05) is 68.0 Å². The normalized spacial score (nSPS) is 18.4. The zero-order valence-electron chi connectivity index (χ0n) is 30.9.